The Balaban J connectivity index is 2.18. The number of nitrogens with zero attached hydrogens (tertiary/aromatic N) is 4. The smallest absolute Gasteiger partial charge is 0.416 e. The van der Waals surface area contributed by atoms with Crippen LogP contribution in [-0.2, 0) is 20.3 Å². The van der Waals surface area contributed by atoms with Crippen molar-refractivity contribution in [3.05, 3.63) is 88.6 Å². The van der Waals surface area contributed by atoms with Crippen LogP contribution in [0.1, 0.15) is 5.56 Å². The molecule has 0 saturated heterocycles. The molecule has 0 radical (unpaired) electrons. The van der Waals surface area contributed by atoms with Crippen LogP contribution in [0.15, 0.2) is 50.8 Å². The first-order chi connectivity index (χ1) is 14.8. The topological polar surface area (TPSA) is 118 Å². The lowest BCUT2D eigenvalue weighted by Crippen LogP contribution is -2.52. The van der Waals surface area contributed by atoms with Crippen molar-refractivity contribution in [1.82, 2.24) is 13.7 Å². The summed E-state index contributed by atoms with van der Waals surface area (Å²) in [5.74, 6) is -0.379. The minimum absolute atomic E-state index is 0.171. The molecular formula is C18H12ClF3N4O6. The van der Waals surface area contributed by atoms with E-state index in [9.17, 15) is 37.7 Å². The Labute approximate surface area is 180 Å². The van der Waals surface area contributed by atoms with E-state index in [0.29, 0.717) is 19.8 Å². The van der Waals surface area contributed by atoms with Gasteiger partial charge in [-0.15, -0.1) is 0 Å². The molecule has 168 valence electrons. The van der Waals surface area contributed by atoms with Gasteiger partial charge in [-0.05, 0) is 24.3 Å². The average Bonchev–Trinajstić information content (AvgIpc) is 2.71. The predicted octanol–water partition coefficient (Wildman–Crippen LogP) is 2.61. The Morgan fingerprint density at radius 2 is 1.56 bits per heavy atom. The third-order valence-corrected chi connectivity index (χ3v) is 4.70. The number of nitro groups is 1. The predicted molar refractivity (Wildman–Crippen MR) is 106 cm³/mol. The first-order valence-corrected chi connectivity index (χ1v) is 8.93. The van der Waals surface area contributed by atoms with E-state index in [1.54, 1.807) is 0 Å². The van der Waals surface area contributed by atoms with Gasteiger partial charge >= 0.3 is 23.2 Å². The first-order valence-electron chi connectivity index (χ1n) is 8.55. The van der Waals surface area contributed by atoms with Gasteiger partial charge in [0, 0.05) is 26.2 Å². The zero-order valence-corrected chi connectivity index (χ0v) is 17.0. The maximum absolute atomic E-state index is 12.8. The average molecular weight is 473 g/mol. The molecule has 3 rings (SSSR count). The molecule has 0 N–H and O–H groups in total. The van der Waals surface area contributed by atoms with Crippen molar-refractivity contribution >= 4 is 17.3 Å². The lowest BCUT2D eigenvalue weighted by atomic mass is 10.2. The summed E-state index contributed by atoms with van der Waals surface area (Å²) in [6, 6.07) is 5.30. The Bertz CT molecular complexity index is 1380. The van der Waals surface area contributed by atoms with Crippen molar-refractivity contribution in [2.45, 2.75) is 6.18 Å². The number of rotatable bonds is 4. The second-order valence-electron chi connectivity index (χ2n) is 6.45. The summed E-state index contributed by atoms with van der Waals surface area (Å²) in [6.07, 6.45) is -4.63. The van der Waals surface area contributed by atoms with E-state index in [2.05, 4.69) is 0 Å². The number of nitro benzene ring substituents is 1. The SMILES string of the molecule is Cn1c(=O)n(C)c(=O)n(-c2cc(Oc3ccc(C(F)(F)F)cc3Cl)ccc2[N+](=O)[O-])c1=O. The van der Waals surface area contributed by atoms with Crippen molar-refractivity contribution in [3.63, 3.8) is 0 Å². The zero-order valence-electron chi connectivity index (χ0n) is 16.2. The monoisotopic (exact) mass is 472 g/mol. The van der Waals surface area contributed by atoms with Crippen LogP contribution in [0, 0.1) is 10.1 Å². The van der Waals surface area contributed by atoms with E-state index >= 15 is 0 Å². The van der Waals surface area contributed by atoms with Gasteiger partial charge in [0.1, 0.15) is 17.2 Å². The van der Waals surface area contributed by atoms with Crippen molar-refractivity contribution in [2.24, 2.45) is 14.1 Å². The second-order valence-corrected chi connectivity index (χ2v) is 6.86. The minimum Gasteiger partial charge on any atom is -0.456 e. The van der Waals surface area contributed by atoms with Gasteiger partial charge in [-0.25, -0.2) is 28.1 Å². The van der Waals surface area contributed by atoms with Gasteiger partial charge in [0.05, 0.1) is 15.5 Å². The van der Waals surface area contributed by atoms with Crippen LogP contribution in [0.3, 0.4) is 0 Å². The fourth-order valence-corrected chi connectivity index (χ4v) is 2.98. The molecule has 2 aromatic carbocycles. The number of benzene rings is 2. The molecule has 3 aromatic rings. The molecule has 0 atom stereocenters. The zero-order chi connectivity index (χ0) is 24.0. The van der Waals surface area contributed by atoms with Crippen molar-refractivity contribution in [2.75, 3.05) is 0 Å². The lowest BCUT2D eigenvalue weighted by Gasteiger charge is -2.13. The van der Waals surface area contributed by atoms with Gasteiger partial charge in [-0.1, -0.05) is 11.6 Å². The van der Waals surface area contributed by atoms with Crippen LogP contribution in [-0.4, -0.2) is 18.6 Å². The maximum Gasteiger partial charge on any atom is 0.416 e. The third-order valence-electron chi connectivity index (χ3n) is 4.40. The minimum atomic E-state index is -4.63. The molecule has 0 fully saturated rings. The van der Waals surface area contributed by atoms with Crippen molar-refractivity contribution in [3.8, 4) is 17.2 Å². The Hall–Kier alpha value is -3.87. The normalized spacial score (nSPS) is 11.4. The number of ether oxygens (including phenoxy) is 1. The largest absolute Gasteiger partial charge is 0.456 e. The number of alkyl halides is 3. The van der Waals surface area contributed by atoms with Gasteiger partial charge in [0.25, 0.3) is 5.69 Å². The number of hydrogen-bond acceptors (Lipinski definition) is 6. The van der Waals surface area contributed by atoms with Crippen LogP contribution < -0.4 is 21.8 Å². The number of hydrogen-bond donors (Lipinski definition) is 0. The van der Waals surface area contributed by atoms with Gasteiger partial charge < -0.3 is 4.74 Å². The molecule has 0 aliphatic rings. The summed E-state index contributed by atoms with van der Waals surface area (Å²) < 4.78 is 45.4. The fourth-order valence-electron chi connectivity index (χ4n) is 2.76. The highest BCUT2D eigenvalue weighted by Crippen LogP contribution is 2.37. The molecule has 0 bridgehead atoms. The maximum atomic E-state index is 12.8. The van der Waals surface area contributed by atoms with Gasteiger partial charge in [-0.2, -0.15) is 13.2 Å². The number of halogens is 4. The van der Waals surface area contributed by atoms with E-state index in [0.717, 1.165) is 44.4 Å². The third kappa shape index (κ3) is 4.01. The highest BCUT2D eigenvalue weighted by molar-refractivity contribution is 6.32. The van der Waals surface area contributed by atoms with E-state index < -0.39 is 50.1 Å². The lowest BCUT2D eigenvalue weighted by molar-refractivity contribution is -0.384. The molecule has 1 aromatic heterocycles. The quantitative estimate of drug-likeness (QED) is 0.425. The molecule has 0 spiro atoms. The van der Waals surface area contributed by atoms with Gasteiger partial charge in [-0.3, -0.25) is 10.1 Å². The summed E-state index contributed by atoms with van der Waals surface area (Å²) in [6.45, 7) is 0. The Morgan fingerprint density at radius 1 is 0.969 bits per heavy atom. The van der Waals surface area contributed by atoms with Crippen LogP contribution in [0.5, 0.6) is 11.5 Å². The summed E-state index contributed by atoms with van der Waals surface area (Å²) in [7, 11) is 2.16. The molecular weight excluding hydrogens is 461 g/mol. The molecule has 10 nitrogen and oxygen atoms in total. The van der Waals surface area contributed by atoms with Crippen LogP contribution in [0.2, 0.25) is 5.02 Å². The standard InChI is InChI=1S/C18H12ClF3N4O6/c1-23-15(27)24(2)17(29)25(16(23)28)13-8-10(4-5-12(13)26(30)31)32-14-6-3-9(7-11(14)19)18(20,21)22/h3-8H,1-2H3. The second kappa shape index (κ2) is 8.00. The summed E-state index contributed by atoms with van der Waals surface area (Å²) >= 11 is 5.85. The van der Waals surface area contributed by atoms with Gasteiger partial charge in [0.15, 0.2) is 0 Å². The molecule has 0 unspecified atom stereocenters. The van der Waals surface area contributed by atoms with E-state index in [1.807, 2.05) is 0 Å². The molecule has 14 heteroatoms. The molecule has 0 aliphatic carbocycles. The van der Waals surface area contributed by atoms with Crippen LogP contribution in [0.25, 0.3) is 5.69 Å². The van der Waals surface area contributed by atoms with E-state index in [4.69, 9.17) is 16.3 Å². The van der Waals surface area contributed by atoms with E-state index in [-0.39, 0.29) is 11.5 Å². The van der Waals surface area contributed by atoms with Crippen LogP contribution >= 0.6 is 11.6 Å². The first kappa shape index (κ1) is 22.8. The molecule has 1 heterocycles. The van der Waals surface area contributed by atoms with E-state index in [1.165, 1.54) is 0 Å². The molecule has 0 saturated carbocycles. The highest BCUT2D eigenvalue weighted by atomic mass is 35.5. The van der Waals surface area contributed by atoms with Crippen LogP contribution in [0.4, 0.5) is 18.9 Å². The Kier molecular flexibility index (Phi) is 5.70. The fraction of sp³-hybridized carbons (Fsp3) is 0.167. The summed E-state index contributed by atoms with van der Waals surface area (Å²) in [5, 5.41) is 11.1. The molecule has 32 heavy (non-hydrogen) atoms. The highest BCUT2D eigenvalue weighted by Gasteiger charge is 2.31. The number of aromatic nitrogens is 3. The molecule has 0 aliphatic heterocycles. The summed E-state index contributed by atoms with van der Waals surface area (Å²) in [4.78, 5) is 47.5. The molecule has 0 amide bonds. The van der Waals surface area contributed by atoms with Gasteiger partial charge in [0.2, 0.25) is 0 Å². The Morgan fingerprint density at radius 3 is 2.06 bits per heavy atom. The van der Waals surface area contributed by atoms with Crippen molar-refractivity contribution < 1.29 is 22.8 Å². The van der Waals surface area contributed by atoms with Crippen molar-refractivity contribution in [1.29, 1.82) is 0 Å². The summed E-state index contributed by atoms with van der Waals surface area (Å²) in [5.41, 5.74) is -5.43.